The Morgan fingerprint density at radius 3 is 2.47 bits per heavy atom. The highest BCUT2D eigenvalue weighted by molar-refractivity contribution is 7.91. The highest BCUT2D eigenvalue weighted by atomic mass is 32.2. The van der Waals surface area contributed by atoms with Gasteiger partial charge < -0.3 is 10.1 Å². The number of nitrogens with zero attached hydrogens (tertiary/aromatic N) is 1. The molecule has 0 amide bonds. The normalized spacial score (nSPS) is 11.4. The SMILES string of the molecule is O=C(O)c1ccc(S(=O)(=O)CCc2ncc[nH]2)cc1. The van der Waals surface area contributed by atoms with Crippen molar-refractivity contribution in [3.05, 3.63) is 48.0 Å². The molecule has 6 nitrogen and oxygen atoms in total. The molecule has 0 fully saturated rings. The summed E-state index contributed by atoms with van der Waals surface area (Å²) < 4.78 is 24.0. The van der Waals surface area contributed by atoms with Gasteiger partial charge in [0.2, 0.25) is 0 Å². The third-order valence-electron chi connectivity index (χ3n) is 2.62. The van der Waals surface area contributed by atoms with Crippen molar-refractivity contribution in [2.24, 2.45) is 0 Å². The first kappa shape index (κ1) is 13.3. The van der Waals surface area contributed by atoms with Crippen LogP contribution in [0.2, 0.25) is 0 Å². The van der Waals surface area contributed by atoms with Crippen LogP contribution in [0.3, 0.4) is 0 Å². The molecular weight excluding hydrogens is 268 g/mol. The van der Waals surface area contributed by atoms with Crippen LogP contribution in [0.25, 0.3) is 0 Å². The van der Waals surface area contributed by atoms with Crippen LogP contribution in [0.1, 0.15) is 16.2 Å². The molecule has 1 heterocycles. The summed E-state index contributed by atoms with van der Waals surface area (Å²) in [6.45, 7) is 0. The fraction of sp³-hybridized carbons (Fsp3) is 0.167. The fourth-order valence-electron chi connectivity index (χ4n) is 1.59. The Hall–Kier alpha value is -2.15. The minimum atomic E-state index is -3.43. The van der Waals surface area contributed by atoms with Gasteiger partial charge in [0.1, 0.15) is 5.82 Å². The smallest absolute Gasteiger partial charge is 0.335 e. The summed E-state index contributed by atoms with van der Waals surface area (Å²) in [5, 5.41) is 8.75. The van der Waals surface area contributed by atoms with Crippen LogP contribution in [-0.4, -0.2) is 35.2 Å². The van der Waals surface area contributed by atoms with E-state index in [0.29, 0.717) is 5.82 Å². The van der Waals surface area contributed by atoms with Crippen LogP contribution in [0.5, 0.6) is 0 Å². The van der Waals surface area contributed by atoms with Gasteiger partial charge in [0, 0.05) is 18.8 Å². The van der Waals surface area contributed by atoms with E-state index >= 15 is 0 Å². The maximum absolute atomic E-state index is 12.0. The molecule has 0 aliphatic rings. The van der Waals surface area contributed by atoms with E-state index in [9.17, 15) is 13.2 Å². The zero-order valence-corrected chi connectivity index (χ0v) is 10.7. The number of hydrogen-bond acceptors (Lipinski definition) is 4. The maximum Gasteiger partial charge on any atom is 0.335 e. The summed E-state index contributed by atoms with van der Waals surface area (Å²) in [6, 6.07) is 5.17. The maximum atomic E-state index is 12.0. The third-order valence-corrected chi connectivity index (χ3v) is 4.35. The quantitative estimate of drug-likeness (QED) is 0.855. The molecule has 0 spiro atoms. The number of H-pyrrole nitrogens is 1. The first-order valence-electron chi connectivity index (χ1n) is 5.53. The van der Waals surface area contributed by atoms with Gasteiger partial charge in [-0.05, 0) is 24.3 Å². The van der Waals surface area contributed by atoms with Crippen molar-refractivity contribution >= 4 is 15.8 Å². The van der Waals surface area contributed by atoms with Crippen LogP contribution < -0.4 is 0 Å². The summed E-state index contributed by atoms with van der Waals surface area (Å²) in [4.78, 5) is 17.6. The summed E-state index contributed by atoms with van der Waals surface area (Å²) in [5.41, 5.74) is 0.0602. The minimum absolute atomic E-state index is 0.0602. The van der Waals surface area contributed by atoms with Gasteiger partial charge in [0.05, 0.1) is 16.2 Å². The van der Waals surface area contributed by atoms with Crippen molar-refractivity contribution in [3.8, 4) is 0 Å². The van der Waals surface area contributed by atoms with E-state index in [0.717, 1.165) is 0 Å². The van der Waals surface area contributed by atoms with Gasteiger partial charge in [-0.1, -0.05) is 0 Å². The molecule has 0 bridgehead atoms. The Morgan fingerprint density at radius 2 is 1.95 bits per heavy atom. The van der Waals surface area contributed by atoms with Crippen molar-refractivity contribution in [3.63, 3.8) is 0 Å². The Bertz CT molecular complexity index is 660. The molecule has 7 heteroatoms. The number of nitrogens with one attached hydrogen (secondary N) is 1. The van der Waals surface area contributed by atoms with Crippen LogP contribution in [0.15, 0.2) is 41.6 Å². The molecule has 2 N–H and O–H groups in total. The van der Waals surface area contributed by atoms with E-state index in [-0.39, 0.29) is 22.6 Å². The molecule has 0 atom stereocenters. The van der Waals surface area contributed by atoms with Gasteiger partial charge in [-0.2, -0.15) is 0 Å². The second-order valence-corrected chi connectivity index (χ2v) is 6.04. The Kier molecular flexibility index (Phi) is 3.66. The number of carbonyl (C=O) groups is 1. The van der Waals surface area contributed by atoms with E-state index < -0.39 is 15.8 Å². The molecule has 1 aromatic carbocycles. The predicted molar refractivity (Wildman–Crippen MR) is 67.7 cm³/mol. The number of rotatable bonds is 5. The highest BCUT2D eigenvalue weighted by Gasteiger charge is 2.15. The number of sulfone groups is 1. The van der Waals surface area contributed by atoms with Crippen LogP contribution in [-0.2, 0) is 16.3 Å². The monoisotopic (exact) mass is 280 g/mol. The molecule has 100 valence electrons. The molecule has 1 aromatic heterocycles. The number of hydrogen-bond donors (Lipinski definition) is 2. The molecule has 0 aliphatic carbocycles. The number of aryl methyl sites for hydroxylation is 1. The number of aromatic amines is 1. The third kappa shape index (κ3) is 3.19. The van der Waals surface area contributed by atoms with Gasteiger partial charge in [0.25, 0.3) is 0 Å². The minimum Gasteiger partial charge on any atom is -0.478 e. The largest absolute Gasteiger partial charge is 0.478 e. The van der Waals surface area contributed by atoms with Gasteiger partial charge >= 0.3 is 5.97 Å². The van der Waals surface area contributed by atoms with Crippen molar-refractivity contribution in [1.82, 2.24) is 9.97 Å². The van der Waals surface area contributed by atoms with Crippen molar-refractivity contribution in [2.45, 2.75) is 11.3 Å². The number of imidazole rings is 1. The van der Waals surface area contributed by atoms with Crippen molar-refractivity contribution in [1.29, 1.82) is 0 Å². The topological polar surface area (TPSA) is 100 Å². The molecule has 2 rings (SSSR count). The highest BCUT2D eigenvalue weighted by Crippen LogP contribution is 2.13. The molecule has 2 aromatic rings. The summed E-state index contributed by atoms with van der Waals surface area (Å²) >= 11 is 0. The number of carboxylic acid groups (broad SMARTS) is 1. The van der Waals surface area contributed by atoms with Crippen molar-refractivity contribution < 1.29 is 18.3 Å². The predicted octanol–water partition coefficient (Wildman–Crippen LogP) is 1.12. The first-order valence-corrected chi connectivity index (χ1v) is 7.18. The lowest BCUT2D eigenvalue weighted by atomic mass is 10.2. The second kappa shape index (κ2) is 5.23. The summed E-state index contributed by atoms with van der Waals surface area (Å²) in [7, 11) is -3.43. The number of aromatic carboxylic acids is 1. The van der Waals surface area contributed by atoms with E-state index in [4.69, 9.17) is 5.11 Å². The molecule has 0 radical (unpaired) electrons. The van der Waals surface area contributed by atoms with E-state index in [1.807, 2.05) is 0 Å². The van der Waals surface area contributed by atoms with Gasteiger partial charge in [-0.15, -0.1) is 0 Å². The van der Waals surface area contributed by atoms with E-state index in [2.05, 4.69) is 9.97 Å². The summed E-state index contributed by atoms with van der Waals surface area (Å²) in [5.74, 6) is -0.558. The van der Waals surface area contributed by atoms with Gasteiger partial charge in [-0.3, -0.25) is 0 Å². The molecule has 0 saturated heterocycles. The van der Waals surface area contributed by atoms with Crippen LogP contribution in [0.4, 0.5) is 0 Å². The first-order chi connectivity index (χ1) is 8.99. The Labute approximate surface area is 110 Å². The van der Waals surface area contributed by atoms with Crippen LogP contribution >= 0.6 is 0 Å². The lowest BCUT2D eigenvalue weighted by Crippen LogP contribution is -2.10. The molecule has 19 heavy (non-hydrogen) atoms. The fourth-order valence-corrected chi connectivity index (χ4v) is 2.84. The number of benzene rings is 1. The molecular formula is C12H12N2O4S. The zero-order chi connectivity index (χ0) is 13.9. The molecule has 0 unspecified atom stereocenters. The average molecular weight is 280 g/mol. The van der Waals surface area contributed by atoms with E-state index in [1.165, 1.54) is 24.3 Å². The average Bonchev–Trinajstić information content (AvgIpc) is 2.90. The van der Waals surface area contributed by atoms with Crippen LogP contribution in [0, 0.1) is 0 Å². The lowest BCUT2D eigenvalue weighted by Gasteiger charge is -2.03. The standard InChI is InChI=1S/C12H12N2O4S/c15-12(16)9-1-3-10(4-2-9)19(17,18)8-5-11-13-6-7-14-11/h1-4,6-7H,5,8H2,(H,13,14)(H,15,16). The Morgan fingerprint density at radius 1 is 1.26 bits per heavy atom. The number of carboxylic acids is 1. The van der Waals surface area contributed by atoms with Crippen molar-refractivity contribution in [2.75, 3.05) is 5.75 Å². The van der Waals surface area contributed by atoms with E-state index in [1.54, 1.807) is 12.4 Å². The van der Waals surface area contributed by atoms with Gasteiger partial charge in [0.15, 0.2) is 9.84 Å². The zero-order valence-electron chi connectivity index (χ0n) is 9.91. The molecule has 0 aliphatic heterocycles. The summed E-state index contributed by atoms with van der Waals surface area (Å²) in [6.07, 6.45) is 3.48. The van der Waals surface area contributed by atoms with Gasteiger partial charge in [-0.25, -0.2) is 18.2 Å². The lowest BCUT2D eigenvalue weighted by molar-refractivity contribution is 0.0697. The number of aromatic nitrogens is 2. The Balaban J connectivity index is 2.13. The second-order valence-electron chi connectivity index (χ2n) is 3.93. The molecule has 0 saturated carbocycles.